The number of halogens is 1. The van der Waals surface area contributed by atoms with Crippen LogP contribution in [-0.4, -0.2) is 24.6 Å². The van der Waals surface area contributed by atoms with Gasteiger partial charge in [0.1, 0.15) is 5.82 Å². The van der Waals surface area contributed by atoms with Crippen molar-refractivity contribution in [2.24, 2.45) is 5.92 Å². The Kier molecular flexibility index (Phi) is 3.97. The first kappa shape index (κ1) is 10.9. The van der Waals surface area contributed by atoms with Crippen molar-refractivity contribution < 1.29 is 0 Å². The Hall–Kier alpha value is -0.610. The molecule has 0 spiro atoms. The van der Waals surface area contributed by atoms with Crippen LogP contribution in [0.25, 0.3) is 0 Å². The zero-order valence-corrected chi connectivity index (χ0v) is 10.3. The van der Waals surface area contributed by atoms with Crippen molar-refractivity contribution in [3.8, 4) is 0 Å². The molecule has 1 aromatic rings. The highest BCUT2D eigenvalue weighted by Gasteiger charge is 2.12. The predicted molar refractivity (Wildman–Crippen MR) is 66.0 cm³/mol. The number of hydrogen-bond acceptors (Lipinski definition) is 3. The topological polar surface area (TPSA) is 37.0 Å². The number of pyridine rings is 1. The van der Waals surface area contributed by atoms with Crippen molar-refractivity contribution in [3.63, 3.8) is 0 Å². The molecule has 0 saturated carbocycles. The van der Waals surface area contributed by atoms with E-state index in [0.717, 1.165) is 29.3 Å². The van der Waals surface area contributed by atoms with Gasteiger partial charge in [0.15, 0.2) is 0 Å². The molecule has 0 aromatic carbocycles. The standard InChI is InChI=1S/C11H16BrN3/c12-10-3-4-11(15-8-10)14-7-9-2-1-5-13-6-9/h3-4,8-9,13H,1-2,5-7H2,(H,14,15). The number of anilines is 1. The van der Waals surface area contributed by atoms with Crippen LogP contribution >= 0.6 is 15.9 Å². The van der Waals surface area contributed by atoms with Gasteiger partial charge in [0, 0.05) is 17.2 Å². The van der Waals surface area contributed by atoms with E-state index in [1.165, 1.54) is 19.4 Å². The molecular formula is C11H16BrN3. The van der Waals surface area contributed by atoms with Crippen molar-refractivity contribution >= 4 is 21.7 Å². The minimum atomic E-state index is 0.740. The second kappa shape index (κ2) is 5.47. The van der Waals surface area contributed by atoms with Crippen LogP contribution in [0.1, 0.15) is 12.8 Å². The van der Waals surface area contributed by atoms with Crippen molar-refractivity contribution in [2.75, 3.05) is 25.0 Å². The summed E-state index contributed by atoms with van der Waals surface area (Å²) in [4.78, 5) is 4.28. The molecule has 2 rings (SSSR count). The minimum absolute atomic E-state index is 0.740. The molecule has 0 radical (unpaired) electrons. The summed E-state index contributed by atoms with van der Waals surface area (Å²) in [6.45, 7) is 3.32. The van der Waals surface area contributed by atoms with Crippen LogP contribution in [0.3, 0.4) is 0 Å². The molecule has 82 valence electrons. The van der Waals surface area contributed by atoms with Gasteiger partial charge in [0.05, 0.1) is 0 Å². The Morgan fingerprint density at radius 3 is 3.13 bits per heavy atom. The summed E-state index contributed by atoms with van der Waals surface area (Å²) in [5, 5.41) is 6.78. The van der Waals surface area contributed by atoms with E-state index in [2.05, 4.69) is 31.5 Å². The van der Waals surface area contributed by atoms with Crippen molar-refractivity contribution in [3.05, 3.63) is 22.8 Å². The van der Waals surface area contributed by atoms with Gasteiger partial charge in [-0.15, -0.1) is 0 Å². The maximum absolute atomic E-state index is 4.28. The number of nitrogens with zero attached hydrogens (tertiary/aromatic N) is 1. The number of nitrogens with one attached hydrogen (secondary N) is 2. The molecule has 0 bridgehead atoms. The Balaban J connectivity index is 1.79. The molecule has 4 heteroatoms. The molecule has 1 aliphatic heterocycles. The lowest BCUT2D eigenvalue weighted by atomic mass is 10.00. The zero-order valence-electron chi connectivity index (χ0n) is 8.67. The number of rotatable bonds is 3. The smallest absolute Gasteiger partial charge is 0.125 e. The van der Waals surface area contributed by atoms with E-state index < -0.39 is 0 Å². The van der Waals surface area contributed by atoms with Gasteiger partial charge in [-0.25, -0.2) is 4.98 Å². The largest absolute Gasteiger partial charge is 0.370 e. The van der Waals surface area contributed by atoms with Gasteiger partial charge in [-0.1, -0.05) is 0 Å². The lowest BCUT2D eigenvalue weighted by molar-refractivity contribution is 0.392. The summed E-state index contributed by atoms with van der Waals surface area (Å²) in [7, 11) is 0. The molecule has 0 amide bonds. The molecule has 2 heterocycles. The number of aromatic nitrogens is 1. The first-order valence-corrected chi connectivity index (χ1v) is 6.20. The fourth-order valence-electron chi connectivity index (χ4n) is 1.83. The number of hydrogen-bond donors (Lipinski definition) is 2. The molecule has 1 unspecified atom stereocenters. The van der Waals surface area contributed by atoms with E-state index in [1.807, 2.05) is 18.3 Å². The van der Waals surface area contributed by atoms with Crippen molar-refractivity contribution in [1.82, 2.24) is 10.3 Å². The number of piperidine rings is 1. The molecule has 3 nitrogen and oxygen atoms in total. The zero-order chi connectivity index (χ0) is 10.5. The van der Waals surface area contributed by atoms with Crippen molar-refractivity contribution in [1.29, 1.82) is 0 Å². The second-order valence-corrected chi connectivity index (χ2v) is 4.87. The normalized spacial score (nSPS) is 21.3. The monoisotopic (exact) mass is 269 g/mol. The Morgan fingerprint density at radius 2 is 2.47 bits per heavy atom. The highest BCUT2D eigenvalue weighted by Crippen LogP contribution is 2.13. The highest BCUT2D eigenvalue weighted by molar-refractivity contribution is 9.10. The van der Waals surface area contributed by atoms with Gasteiger partial charge >= 0.3 is 0 Å². The van der Waals surface area contributed by atoms with Crippen LogP contribution in [0.15, 0.2) is 22.8 Å². The summed E-state index contributed by atoms with van der Waals surface area (Å²) < 4.78 is 1.02. The van der Waals surface area contributed by atoms with E-state index in [9.17, 15) is 0 Å². The minimum Gasteiger partial charge on any atom is -0.370 e. The van der Waals surface area contributed by atoms with Crippen LogP contribution in [0.2, 0.25) is 0 Å². The van der Waals surface area contributed by atoms with E-state index in [0.29, 0.717) is 0 Å². The first-order chi connectivity index (χ1) is 7.34. The Morgan fingerprint density at radius 1 is 1.53 bits per heavy atom. The molecule has 1 aromatic heterocycles. The average Bonchev–Trinajstić information content (AvgIpc) is 2.30. The Bertz CT molecular complexity index is 293. The van der Waals surface area contributed by atoms with Crippen LogP contribution < -0.4 is 10.6 Å². The van der Waals surface area contributed by atoms with Gasteiger partial charge in [-0.2, -0.15) is 0 Å². The fourth-order valence-corrected chi connectivity index (χ4v) is 2.06. The van der Waals surface area contributed by atoms with E-state index in [4.69, 9.17) is 0 Å². The maximum atomic E-state index is 4.28. The molecule has 1 fully saturated rings. The molecule has 15 heavy (non-hydrogen) atoms. The summed E-state index contributed by atoms with van der Waals surface area (Å²) in [6, 6.07) is 4.01. The highest BCUT2D eigenvalue weighted by atomic mass is 79.9. The molecule has 1 atom stereocenters. The summed E-state index contributed by atoms with van der Waals surface area (Å²) in [5.74, 6) is 1.70. The first-order valence-electron chi connectivity index (χ1n) is 5.41. The quantitative estimate of drug-likeness (QED) is 0.884. The second-order valence-electron chi connectivity index (χ2n) is 3.95. The van der Waals surface area contributed by atoms with Gasteiger partial charge in [0.2, 0.25) is 0 Å². The summed E-state index contributed by atoms with van der Waals surface area (Å²) >= 11 is 3.37. The lowest BCUT2D eigenvalue weighted by Crippen LogP contribution is -2.33. The van der Waals surface area contributed by atoms with E-state index in [1.54, 1.807) is 0 Å². The molecule has 2 N–H and O–H groups in total. The third-order valence-corrected chi connectivity index (χ3v) is 3.17. The van der Waals surface area contributed by atoms with Gasteiger partial charge in [0.25, 0.3) is 0 Å². The Labute approximate surface area is 98.8 Å². The molecular weight excluding hydrogens is 254 g/mol. The van der Waals surface area contributed by atoms with E-state index >= 15 is 0 Å². The molecule has 0 aliphatic carbocycles. The SMILES string of the molecule is Brc1ccc(NCC2CCCNC2)nc1. The van der Waals surface area contributed by atoms with Crippen LogP contribution in [-0.2, 0) is 0 Å². The third kappa shape index (κ3) is 3.47. The lowest BCUT2D eigenvalue weighted by Gasteiger charge is -2.23. The van der Waals surface area contributed by atoms with Crippen LogP contribution in [0.4, 0.5) is 5.82 Å². The van der Waals surface area contributed by atoms with Gasteiger partial charge < -0.3 is 10.6 Å². The maximum Gasteiger partial charge on any atom is 0.125 e. The van der Waals surface area contributed by atoms with Crippen molar-refractivity contribution in [2.45, 2.75) is 12.8 Å². The summed E-state index contributed by atoms with van der Waals surface area (Å²) in [5.41, 5.74) is 0. The average molecular weight is 270 g/mol. The third-order valence-electron chi connectivity index (χ3n) is 2.70. The van der Waals surface area contributed by atoms with Gasteiger partial charge in [-0.05, 0) is 59.9 Å². The van der Waals surface area contributed by atoms with Gasteiger partial charge in [-0.3, -0.25) is 0 Å². The fraction of sp³-hybridized carbons (Fsp3) is 0.545. The van der Waals surface area contributed by atoms with E-state index in [-0.39, 0.29) is 0 Å². The van der Waals surface area contributed by atoms with Crippen LogP contribution in [0.5, 0.6) is 0 Å². The molecule has 1 saturated heterocycles. The molecule has 1 aliphatic rings. The summed E-state index contributed by atoms with van der Waals surface area (Å²) in [6.07, 6.45) is 4.43. The predicted octanol–water partition coefficient (Wildman–Crippen LogP) is 2.26. The van der Waals surface area contributed by atoms with Crippen LogP contribution in [0, 0.1) is 5.92 Å².